The van der Waals surface area contributed by atoms with Crippen molar-refractivity contribution in [1.82, 2.24) is 0 Å². The van der Waals surface area contributed by atoms with Crippen LogP contribution in [-0.2, 0) is 18.9 Å². The molecule has 2 unspecified atom stereocenters. The molecule has 0 amide bonds. The summed E-state index contributed by atoms with van der Waals surface area (Å²) >= 11 is 0. The minimum absolute atomic E-state index is 0.00181. The standard InChI is InChI=1S/C14H30O5/c1-4-5-7-16-11-14(3)19-10-9-17-12-13(2)18-8-6-15/h13-15H,4-12H2,1-3H3. The third-order valence-electron chi connectivity index (χ3n) is 2.47. The smallest absolute Gasteiger partial charge is 0.0781 e. The van der Waals surface area contributed by atoms with E-state index in [0.29, 0.717) is 33.0 Å². The zero-order valence-corrected chi connectivity index (χ0v) is 12.6. The van der Waals surface area contributed by atoms with Crippen molar-refractivity contribution in [2.45, 2.75) is 45.8 Å². The molecule has 0 fully saturated rings. The normalized spacial score (nSPS) is 14.5. The predicted molar refractivity (Wildman–Crippen MR) is 74.5 cm³/mol. The molecule has 0 aromatic heterocycles. The average Bonchev–Trinajstić information content (AvgIpc) is 2.41. The van der Waals surface area contributed by atoms with Crippen molar-refractivity contribution in [3.05, 3.63) is 0 Å². The van der Waals surface area contributed by atoms with Crippen molar-refractivity contribution in [2.75, 3.05) is 46.2 Å². The van der Waals surface area contributed by atoms with E-state index in [4.69, 9.17) is 24.1 Å². The van der Waals surface area contributed by atoms with Gasteiger partial charge in [0.2, 0.25) is 0 Å². The van der Waals surface area contributed by atoms with Crippen LogP contribution in [-0.4, -0.2) is 63.6 Å². The first-order valence-electron chi connectivity index (χ1n) is 7.20. The Labute approximate surface area is 117 Å². The summed E-state index contributed by atoms with van der Waals surface area (Å²) in [5, 5.41) is 8.59. The van der Waals surface area contributed by atoms with E-state index in [9.17, 15) is 0 Å². The highest BCUT2D eigenvalue weighted by Gasteiger charge is 2.04. The summed E-state index contributed by atoms with van der Waals surface area (Å²) < 4.78 is 21.7. The number of aliphatic hydroxyl groups is 1. The van der Waals surface area contributed by atoms with Gasteiger partial charge in [0.05, 0.1) is 51.8 Å². The van der Waals surface area contributed by atoms with Crippen molar-refractivity contribution in [1.29, 1.82) is 0 Å². The first-order chi connectivity index (χ1) is 9.20. The molecule has 116 valence electrons. The molecular weight excluding hydrogens is 248 g/mol. The number of rotatable bonds is 14. The number of unbranched alkanes of at least 4 members (excludes halogenated alkanes) is 1. The average molecular weight is 278 g/mol. The number of hydrogen-bond acceptors (Lipinski definition) is 5. The Morgan fingerprint density at radius 1 is 0.842 bits per heavy atom. The highest BCUT2D eigenvalue weighted by Crippen LogP contribution is 1.96. The maximum absolute atomic E-state index is 8.59. The van der Waals surface area contributed by atoms with Gasteiger partial charge in [-0.25, -0.2) is 0 Å². The lowest BCUT2D eigenvalue weighted by Gasteiger charge is -2.15. The lowest BCUT2D eigenvalue weighted by molar-refractivity contribution is -0.0532. The minimum atomic E-state index is 0.00181. The van der Waals surface area contributed by atoms with Gasteiger partial charge in [-0.1, -0.05) is 13.3 Å². The van der Waals surface area contributed by atoms with Crippen LogP contribution in [0.25, 0.3) is 0 Å². The molecule has 0 radical (unpaired) electrons. The zero-order chi connectivity index (χ0) is 14.3. The van der Waals surface area contributed by atoms with E-state index in [0.717, 1.165) is 19.4 Å². The van der Waals surface area contributed by atoms with Crippen LogP contribution in [0.15, 0.2) is 0 Å². The predicted octanol–water partition coefficient (Wildman–Crippen LogP) is 1.62. The van der Waals surface area contributed by atoms with Crippen LogP contribution in [0, 0.1) is 0 Å². The summed E-state index contributed by atoms with van der Waals surface area (Å²) in [5.41, 5.74) is 0. The lowest BCUT2D eigenvalue weighted by Crippen LogP contribution is -2.22. The van der Waals surface area contributed by atoms with Crippen LogP contribution in [0.5, 0.6) is 0 Å². The van der Waals surface area contributed by atoms with Gasteiger partial charge in [-0.3, -0.25) is 0 Å². The molecule has 0 aliphatic rings. The van der Waals surface area contributed by atoms with Gasteiger partial charge in [0, 0.05) is 6.61 Å². The van der Waals surface area contributed by atoms with Crippen LogP contribution in [0.3, 0.4) is 0 Å². The number of ether oxygens (including phenoxy) is 4. The van der Waals surface area contributed by atoms with Crippen LogP contribution >= 0.6 is 0 Å². The SMILES string of the molecule is CCCCOCC(C)OCCOCC(C)OCCO. The van der Waals surface area contributed by atoms with E-state index in [1.165, 1.54) is 0 Å². The second-order valence-corrected chi connectivity index (χ2v) is 4.59. The first-order valence-corrected chi connectivity index (χ1v) is 7.20. The summed E-state index contributed by atoms with van der Waals surface area (Å²) in [6.07, 6.45) is 2.35. The summed E-state index contributed by atoms with van der Waals surface area (Å²) in [6, 6.07) is 0. The Hall–Kier alpha value is -0.200. The van der Waals surface area contributed by atoms with E-state index in [1.807, 2.05) is 13.8 Å². The molecule has 0 spiro atoms. The number of aliphatic hydroxyl groups excluding tert-OH is 1. The molecule has 0 bridgehead atoms. The van der Waals surface area contributed by atoms with Crippen molar-refractivity contribution in [3.8, 4) is 0 Å². The van der Waals surface area contributed by atoms with Gasteiger partial charge < -0.3 is 24.1 Å². The fraction of sp³-hybridized carbons (Fsp3) is 1.00. The van der Waals surface area contributed by atoms with Crippen molar-refractivity contribution < 1.29 is 24.1 Å². The molecular formula is C14H30O5. The summed E-state index contributed by atoms with van der Waals surface area (Å²) in [6.45, 7) is 9.53. The topological polar surface area (TPSA) is 57.2 Å². The van der Waals surface area contributed by atoms with Gasteiger partial charge in [0.25, 0.3) is 0 Å². The van der Waals surface area contributed by atoms with E-state index in [1.54, 1.807) is 0 Å². The fourth-order valence-corrected chi connectivity index (χ4v) is 1.40. The first kappa shape index (κ1) is 18.8. The van der Waals surface area contributed by atoms with Gasteiger partial charge in [0.1, 0.15) is 0 Å². The molecule has 5 nitrogen and oxygen atoms in total. The molecule has 0 saturated heterocycles. The molecule has 19 heavy (non-hydrogen) atoms. The Balaban J connectivity index is 3.24. The van der Waals surface area contributed by atoms with Gasteiger partial charge in [0.15, 0.2) is 0 Å². The molecule has 0 aromatic rings. The highest BCUT2D eigenvalue weighted by atomic mass is 16.6. The third-order valence-corrected chi connectivity index (χ3v) is 2.47. The molecule has 2 atom stereocenters. The van der Waals surface area contributed by atoms with Crippen LogP contribution in [0.2, 0.25) is 0 Å². The Morgan fingerprint density at radius 3 is 2.00 bits per heavy atom. The van der Waals surface area contributed by atoms with Crippen LogP contribution in [0.1, 0.15) is 33.6 Å². The van der Waals surface area contributed by atoms with Gasteiger partial charge in [-0.15, -0.1) is 0 Å². The van der Waals surface area contributed by atoms with Crippen molar-refractivity contribution in [2.24, 2.45) is 0 Å². The molecule has 0 aromatic carbocycles. The summed E-state index contributed by atoms with van der Waals surface area (Å²) in [5.74, 6) is 0. The molecule has 5 heteroatoms. The molecule has 0 saturated carbocycles. The van der Waals surface area contributed by atoms with Gasteiger partial charge in [-0.2, -0.15) is 0 Å². The lowest BCUT2D eigenvalue weighted by atomic mass is 10.3. The highest BCUT2D eigenvalue weighted by molar-refractivity contribution is 4.49. The quantitative estimate of drug-likeness (QED) is 0.489. The van der Waals surface area contributed by atoms with Crippen molar-refractivity contribution in [3.63, 3.8) is 0 Å². The van der Waals surface area contributed by atoms with E-state index < -0.39 is 0 Å². The molecule has 0 aliphatic carbocycles. The Kier molecular flexibility index (Phi) is 14.1. The maximum Gasteiger partial charge on any atom is 0.0781 e. The minimum Gasteiger partial charge on any atom is -0.394 e. The zero-order valence-electron chi connectivity index (χ0n) is 12.6. The molecule has 0 heterocycles. The second kappa shape index (κ2) is 14.2. The van der Waals surface area contributed by atoms with Gasteiger partial charge >= 0.3 is 0 Å². The molecule has 0 rings (SSSR count). The number of hydrogen-bond donors (Lipinski definition) is 1. The summed E-state index contributed by atoms with van der Waals surface area (Å²) in [4.78, 5) is 0. The molecule has 1 N–H and O–H groups in total. The maximum atomic E-state index is 8.59. The Morgan fingerprint density at radius 2 is 1.42 bits per heavy atom. The summed E-state index contributed by atoms with van der Waals surface area (Å²) in [7, 11) is 0. The molecule has 0 aliphatic heterocycles. The monoisotopic (exact) mass is 278 g/mol. The fourth-order valence-electron chi connectivity index (χ4n) is 1.40. The third kappa shape index (κ3) is 14.0. The van der Waals surface area contributed by atoms with E-state index in [2.05, 4.69) is 6.92 Å². The van der Waals surface area contributed by atoms with Gasteiger partial charge in [-0.05, 0) is 20.3 Å². The van der Waals surface area contributed by atoms with Crippen LogP contribution < -0.4 is 0 Å². The Bertz CT molecular complexity index is 177. The second-order valence-electron chi connectivity index (χ2n) is 4.59. The van der Waals surface area contributed by atoms with E-state index in [-0.39, 0.29) is 18.8 Å². The van der Waals surface area contributed by atoms with E-state index >= 15 is 0 Å². The van der Waals surface area contributed by atoms with Crippen LogP contribution in [0.4, 0.5) is 0 Å². The largest absolute Gasteiger partial charge is 0.394 e. The van der Waals surface area contributed by atoms with Crippen molar-refractivity contribution >= 4 is 0 Å².